The van der Waals surface area contributed by atoms with Gasteiger partial charge in [0, 0.05) is 16.5 Å². The van der Waals surface area contributed by atoms with E-state index in [4.69, 9.17) is 4.74 Å². The minimum Gasteiger partial charge on any atom is -0.496 e. The number of methoxy groups -OCH3 is 1. The Morgan fingerprint density at radius 2 is 2.05 bits per heavy atom. The van der Waals surface area contributed by atoms with Crippen LogP contribution in [-0.4, -0.2) is 12.9 Å². The number of rotatable bonds is 4. The van der Waals surface area contributed by atoms with Gasteiger partial charge >= 0.3 is 0 Å². The molecule has 0 N–H and O–H groups in total. The third-order valence-corrected chi connectivity index (χ3v) is 6.00. The van der Waals surface area contributed by atoms with Gasteiger partial charge in [-0.05, 0) is 50.9 Å². The third-order valence-electron chi connectivity index (χ3n) is 2.71. The lowest BCUT2D eigenvalue weighted by Gasteiger charge is -2.08. The van der Waals surface area contributed by atoms with Crippen LogP contribution >= 0.6 is 43.2 Å². The predicted molar refractivity (Wildman–Crippen MR) is 85.5 cm³/mol. The molecule has 100 valence electrons. The molecule has 0 atom stereocenters. The number of hydrogen-bond acceptors (Lipinski definition) is 3. The minimum absolute atomic E-state index is 0.0975. The van der Waals surface area contributed by atoms with Gasteiger partial charge < -0.3 is 4.74 Å². The number of hydrogen-bond donors (Lipinski definition) is 0. The van der Waals surface area contributed by atoms with Crippen LogP contribution in [0.25, 0.3) is 0 Å². The zero-order chi connectivity index (χ0) is 14.0. The summed E-state index contributed by atoms with van der Waals surface area (Å²) in [6.45, 7) is 2.01. The number of thiophene rings is 1. The van der Waals surface area contributed by atoms with Crippen molar-refractivity contribution in [1.82, 2.24) is 0 Å². The first-order chi connectivity index (χ1) is 9.01. The molecule has 1 aromatic heterocycles. The van der Waals surface area contributed by atoms with Crippen molar-refractivity contribution in [2.24, 2.45) is 0 Å². The van der Waals surface area contributed by atoms with E-state index in [1.165, 1.54) is 11.3 Å². The fraction of sp³-hybridized carbons (Fsp3) is 0.214. The zero-order valence-electron chi connectivity index (χ0n) is 10.5. The molecular formula is C14H12Br2O2S. The normalized spacial score (nSPS) is 10.5. The number of aryl methyl sites for hydroxylation is 1. The fourth-order valence-electron chi connectivity index (χ4n) is 1.79. The van der Waals surface area contributed by atoms with Crippen molar-refractivity contribution >= 4 is 49.0 Å². The summed E-state index contributed by atoms with van der Waals surface area (Å²) in [7, 11) is 1.62. The first kappa shape index (κ1) is 14.8. The topological polar surface area (TPSA) is 26.3 Å². The van der Waals surface area contributed by atoms with Gasteiger partial charge in [-0.3, -0.25) is 4.79 Å². The summed E-state index contributed by atoms with van der Waals surface area (Å²) in [5.41, 5.74) is 2.05. The number of ether oxygens (including phenoxy) is 1. The number of carbonyl (C=O) groups is 1. The van der Waals surface area contributed by atoms with E-state index in [1.807, 2.05) is 31.2 Å². The van der Waals surface area contributed by atoms with Crippen LogP contribution in [0.5, 0.6) is 5.75 Å². The Balaban J connectivity index is 2.25. The van der Waals surface area contributed by atoms with Crippen molar-refractivity contribution in [1.29, 1.82) is 0 Å². The summed E-state index contributed by atoms with van der Waals surface area (Å²) < 4.78 is 7.15. The van der Waals surface area contributed by atoms with Gasteiger partial charge in [0.25, 0.3) is 0 Å². The van der Waals surface area contributed by atoms with Crippen molar-refractivity contribution in [2.45, 2.75) is 13.3 Å². The third kappa shape index (κ3) is 3.46. The Bertz CT molecular complexity index is 600. The van der Waals surface area contributed by atoms with E-state index in [9.17, 15) is 4.79 Å². The number of halogens is 2. The highest BCUT2D eigenvalue weighted by atomic mass is 79.9. The first-order valence-corrected chi connectivity index (χ1v) is 8.03. The molecule has 0 spiro atoms. The lowest BCUT2D eigenvalue weighted by Crippen LogP contribution is -2.03. The summed E-state index contributed by atoms with van der Waals surface area (Å²) in [6, 6.07) is 7.72. The van der Waals surface area contributed by atoms with Crippen LogP contribution < -0.4 is 4.74 Å². The van der Waals surface area contributed by atoms with Gasteiger partial charge in [-0.25, -0.2) is 0 Å². The second kappa shape index (κ2) is 6.20. The molecule has 0 aliphatic carbocycles. The summed E-state index contributed by atoms with van der Waals surface area (Å²) in [5, 5.41) is 0. The van der Waals surface area contributed by atoms with E-state index in [1.54, 1.807) is 7.11 Å². The van der Waals surface area contributed by atoms with Crippen LogP contribution in [0.4, 0.5) is 0 Å². The Kier molecular flexibility index (Phi) is 4.81. The van der Waals surface area contributed by atoms with E-state index in [0.717, 1.165) is 30.0 Å². The minimum atomic E-state index is 0.0975. The van der Waals surface area contributed by atoms with E-state index in [2.05, 4.69) is 31.9 Å². The van der Waals surface area contributed by atoms with Crippen LogP contribution in [0.1, 0.15) is 20.8 Å². The number of ketones is 1. The Hall–Kier alpha value is -0.650. The van der Waals surface area contributed by atoms with Gasteiger partial charge in [0.15, 0.2) is 5.78 Å². The summed E-state index contributed by atoms with van der Waals surface area (Å²) in [6.07, 6.45) is 0.351. The Labute approximate surface area is 133 Å². The zero-order valence-corrected chi connectivity index (χ0v) is 14.5. The molecule has 0 unspecified atom stereocenters. The average Bonchev–Trinajstić information content (AvgIpc) is 2.70. The largest absolute Gasteiger partial charge is 0.496 e. The fourth-order valence-corrected chi connectivity index (χ4v) is 3.76. The van der Waals surface area contributed by atoms with Gasteiger partial charge in [0.2, 0.25) is 0 Å². The molecule has 0 bridgehead atoms. The maximum absolute atomic E-state index is 12.3. The second-order valence-electron chi connectivity index (χ2n) is 4.15. The lowest BCUT2D eigenvalue weighted by molar-refractivity contribution is 0.0996. The first-order valence-electron chi connectivity index (χ1n) is 5.63. The molecule has 0 aliphatic heterocycles. The Morgan fingerprint density at radius 3 is 2.63 bits per heavy atom. The van der Waals surface area contributed by atoms with Crippen molar-refractivity contribution in [3.63, 3.8) is 0 Å². The van der Waals surface area contributed by atoms with E-state index in [-0.39, 0.29) is 5.78 Å². The highest BCUT2D eigenvalue weighted by Crippen LogP contribution is 2.33. The molecule has 2 nitrogen and oxygen atoms in total. The average molecular weight is 404 g/mol. The van der Waals surface area contributed by atoms with Crippen molar-refractivity contribution in [3.05, 3.63) is 48.5 Å². The molecule has 0 fully saturated rings. The monoisotopic (exact) mass is 402 g/mol. The van der Waals surface area contributed by atoms with Gasteiger partial charge in [0.05, 0.1) is 15.8 Å². The van der Waals surface area contributed by atoms with Crippen molar-refractivity contribution in [2.75, 3.05) is 7.11 Å². The number of Topliss-reactive ketones (excluding diaryl/α,β-unsaturated/α-hetero) is 1. The van der Waals surface area contributed by atoms with Crippen molar-refractivity contribution < 1.29 is 9.53 Å². The van der Waals surface area contributed by atoms with Crippen LogP contribution in [0, 0.1) is 6.92 Å². The molecule has 0 aliphatic rings. The van der Waals surface area contributed by atoms with Crippen molar-refractivity contribution in [3.8, 4) is 5.75 Å². The standard InChI is InChI=1S/C14H12Br2O2S/c1-8-3-4-12(18-2)9(5-8)6-11(17)13-7-10(15)14(16)19-13/h3-5,7H,6H2,1-2H3. The summed E-state index contributed by atoms with van der Waals surface area (Å²) >= 11 is 8.24. The van der Waals surface area contributed by atoms with E-state index >= 15 is 0 Å². The van der Waals surface area contributed by atoms with Gasteiger partial charge in [-0.1, -0.05) is 17.7 Å². The molecule has 5 heteroatoms. The van der Waals surface area contributed by atoms with Crippen LogP contribution in [-0.2, 0) is 6.42 Å². The van der Waals surface area contributed by atoms with Crippen LogP contribution in [0.15, 0.2) is 32.5 Å². The highest BCUT2D eigenvalue weighted by Gasteiger charge is 2.15. The summed E-state index contributed by atoms with van der Waals surface area (Å²) in [5.74, 6) is 0.855. The lowest BCUT2D eigenvalue weighted by atomic mass is 10.0. The smallest absolute Gasteiger partial charge is 0.177 e. The Morgan fingerprint density at radius 1 is 1.32 bits per heavy atom. The second-order valence-corrected chi connectivity index (χ2v) is 7.37. The molecule has 0 saturated heterocycles. The molecule has 19 heavy (non-hydrogen) atoms. The SMILES string of the molecule is COc1ccc(C)cc1CC(=O)c1cc(Br)c(Br)s1. The maximum atomic E-state index is 12.3. The molecular weight excluding hydrogens is 392 g/mol. The molecule has 1 aromatic carbocycles. The molecule has 2 aromatic rings. The molecule has 0 amide bonds. The van der Waals surface area contributed by atoms with Crippen LogP contribution in [0.2, 0.25) is 0 Å². The maximum Gasteiger partial charge on any atom is 0.177 e. The van der Waals surface area contributed by atoms with E-state index < -0.39 is 0 Å². The molecule has 2 rings (SSSR count). The summed E-state index contributed by atoms with van der Waals surface area (Å²) in [4.78, 5) is 13.0. The quantitative estimate of drug-likeness (QED) is 0.670. The van der Waals surface area contributed by atoms with Gasteiger partial charge in [-0.15, -0.1) is 11.3 Å². The highest BCUT2D eigenvalue weighted by molar-refractivity contribution is 9.13. The molecule has 0 radical (unpaired) electrons. The number of benzene rings is 1. The molecule has 1 heterocycles. The predicted octanol–water partition coefficient (Wildman–Crippen LogP) is 5.02. The van der Waals surface area contributed by atoms with Gasteiger partial charge in [-0.2, -0.15) is 0 Å². The van der Waals surface area contributed by atoms with Gasteiger partial charge in [0.1, 0.15) is 5.75 Å². The molecule has 0 saturated carbocycles. The van der Waals surface area contributed by atoms with E-state index in [0.29, 0.717) is 6.42 Å². The van der Waals surface area contributed by atoms with Crippen LogP contribution in [0.3, 0.4) is 0 Å². The number of carbonyl (C=O) groups excluding carboxylic acids is 1.